The molecule has 0 unspecified atom stereocenters. The summed E-state index contributed by atoms with van der Waals surface area (Å²) in [5.74, 6) is -1.07. The molecule has 0 fully saturated rings. The van der Waals surface area contributed by atoms with Gasteiger partial charge in [-0.05, 0) is 36.4 Å². The van der Waals surface area contributed by atoms with Crippen molar-refractivity contribution in [3.8, 4) is 11.8 Å². The average Bonchev–Trinajstić information content (AvgIpc) is 2.52. The van der Waals surface area contributed by atoms with Crippen molar-refractivity contribution in [3.63, 3.8) is 0 Å². The maximum atomic E-state index is 12.8. The number of halogens is 1. The number of benzene rings is 2. The lowest BCUT2D eigenvalue weighted by Gasteiger charge is -2.06. The second-order valence-corrected chi connectivity index (χ2v) is 4.29. The van der Waals surface area contributed by atoms with Gasteiger partial charge in [0.1, 0.15) is 23.2 Å². The summed E-state index contributed by atoms with van der Waals surface area (Å²) < 4.78 is 12.8. The van der Waals surface area contributed by atoms with Gasteiger partial charge in [-0.15, -0.1) is 0 Å². The number of phenolic OH excluding ortho intramolecular Hbond substituents is 1. The minimum Gasteiger partial charge on any atom is -0.506 e. The van der Waals surface area contributed by atoms with Crippen LogP contribution in [0.1, 0.15) is 0 Å². The first-order valence-electron chi connectivity index (χ1n) is 6.32. The molecule has 1 amide bonds. The fourth-order valence-electron chi connectivity index (χ4n) is 1.63. The second-order valence-electron chi connectivity index (χ2n) is 4.29. The van der Waals surface area contributed by atoms with Gasteiger partial charge in [0, 0.05) is 11.9 Å². The number of rotatable bonds is 4. The van der Waals surface area contributed by atoms with Gasteiger partial charge in [0.15, 0.2) is 0 Å². The average molecular weight is 297 g/mol. The number of carbonyl (C=O) groups is 1. The number of nitriles is 1. The molecule has 22 heavy (non-hydrogen) atoms. The van der Waals surface area contributed by atoms with Crippen molar-refractivity contribution in [2.45, 2.75) is 0 Å². The zero-order valence-corrected chi connectivity index (χ0v) is 11.4. The molecule has 2 rings (SSSR count). The van der Waals surface area contributed by atoms with Crippen LogP contribution in [0.15, 0.2) is 60.3 Å². The van der Waals surface area contributed by atoms with Gasteiger partial charge in [-0.25, -0.2) is 4.39 Å². The molecule has 2 aromatic carbocycles. The topological polar surface area (TPSA) is 85.2 Å². The Labute approximate surface area is 126 Å². The molecular formula is C16H12FN3O2. The van der Waals surface area contributed by atoms with Crippen molar-refractivity contribution < 1.29 is 14.3 Å². The molecule has 110 valence electrons. The van der Waals surface area contributed by atoms with Gasteiger partial charge in [0.2, 0.25) is 0 Å². The number of nitrogens with one attached hydrogen (secondary N) is 2. The van der Waals surface area contributed by atoms with E-state index in [1.54, 1.807) is 24.3 Å². The van der Waals surface area contributed by atoms with Crippen LogP contribution in [0.4, 0.5) is 15.8 Å². The number of para-hydroxylation sites is 2. The zero-order chi connectivity index (χ0) is 15.9. The summed E-state index contributed by atoms with van der Waals surface area (Å²) in [6, 6.07) is 13.3. The normalized spacial score (nSPS) is 10.6. The molecule has 2 aromatic rings. The minimum atomic E-state index is -0.642. The number of phenols is 1. The fourth-order valence-corrected chi connectivity index (χ4v) is 1.63. The predicted octanol–water partition coefficient (Wildman–Crippen LogP) is 2.99. The lowest BCUT2D eigenvalue weighted by Crippen LogP contribution is -2.14. The second kappa shape index (κ2) is 6.90. The lowest BCUT2D eigenvalue weighted by molar-refractivity contribution is -0.112. The summed E-state index contributed by atoms with van der Waals surface area (Å²) in [6.45, 7) is 0. The third kappa shape index (κ3) is 3.84. The Kier molecular flexibility index (Phi) is 4.73. The number of hydrogen-bond acceptors (Lipinski definition) is 4. The molecule has 0 aliphatic rings. The van der Waals surface area contributed by atoms with Crippen LogP contribution in [0.5, 0.6) is 5.75 Å². The van der Waals surface area contributed by atoms with E-state index in [2.05, 4.69) is 10.6 Å². The SMILES string of the molecule is N#C/C(=C/Nc1ccccc1O)C(=O)Nc1ccc(F)cc1. The van der Waals surface area contributed by atoms with Gasteiger partial charge in [-0.1, -0.05) is 12.1 Å². The monoisotopic (exact) mass is 297 g/mol. The van der Waals surface area contributed by atoms with E-state index in [0.717, 1.165) is 0 Å². The first-order valence-corrected chi connectivity index (χ1v) is 6.32. The summed E-state index contributed by atoms with van der Waals surface area (Å²) in [5, 5.41) is 23.8. The van der Waals surface area contributed by atoms with E-state index < -0.39 is 11.7 Å². The number of hydrogen-bond donors (Lipinski definition) is 3. The van der Waals surface area contributed by atoms with Gasteiger partial charge < -0.3 is 15.7 Å². The van der Waals surface area contributed by atoms with Crippen LogP contribution in [0.2, 0.25) is 0 Å². The molecular weight excluding hydrogens is 285 g/mol. The molecule has 0 aliphatic carbocycles. The van der Waals surface area contributed by atoms with Crippen molar-refractivity contribution in [1.29, 1.82) is 5.26 Å². The van der Waals surface area contributed by atoms with Crippen molar-refractivity contribution in [2.75, 3.05) is 10.6 Å². The van der Waals surface area contributed by atoms with E-state index in [4.69, 9.17) is 5.26 Å². The van der Waals surface area contributed by atoms with Gasteiger partial charge in [-0.3, -0.25) is 4.79 Å². The predicted molar refractivity (Wildman–Crippen MR) is 80.5 cm³/mol. The molecule has 5 nitrogen and oxygen atoms in total. The Bertz CT molecular complexity index is 749. The maximum absolute atomic E-state index is 12.8. The standard InChI is InChI=1S/C16H12FN3O2/c17-12-5-7-13(8-6-12)20-16(22)11(9-18)10-19-14-3-1-2-4-15(14)21/h1-8,10,19,21H,(H,20,22)/b11-10-. The summed E-state index contributed by atoms with van der Waals surface area (Å²) >= 11 is 0. The Balaban J connectivity index is 2.09. The molecule has 6 heteroatoms. The highest BCUT2D eigenvalue weighted by atomic mass is 19.1. The Morgan fingerprint density at radius 3 is 2.50 bits per heavy atom. The first-order chi connectivity index (χ1) is 10.6. The van der Waals surface area contributed by atoms with Crippen molar-refractivity contribution >= 4 is 17.3 Å². The lowest BCUT2D eigenvalue weighted by atomic mass is 10.2. The van der Waals surface area contributed by atoms with Gasteiger partial charge in [-0.2, -0.15) is 5.26 Å². The molecule has 0 spiro atoms. The van der Waals surface area contributed by atoms with E-state index in [0.29, 0.717) is 11.4 Å². The Morgan fingerprint density at radius 2 is 1.86 bits per heavy atom. The Morgan fingerprint density at radius 1 is 1.18 bits per heavy atom. The summed E-state index contributed by atoms with van der Waals surface area (Å²) in [5.41, 5.74) is 0.549. The van der Waals surface area contributed by atoms with E-state index in [1.165, 1.54) is 36.5 Å². The number of anilines is 2. The molecule has 0 bridgehead atoms. The third-order valence-electron chi connectivity index (χ3n) is 2.74. The highest BCUT2D eigenvalue weighted by Gasteiger charge is 2.09. The van der Waals surface area contributed by atoms with Crippen LogP contribution < -0.4 is 10.6 Å². The maximum Gasteiger partial charge on any atom is 0.267 e. The molecule has 0 aromatic heterocycles. The zero-order valence-electron chi connectivity index (χ0n) is 11.4. The van der Waals surface area contributed by atoms with Crippen molar-refractivity contribution in [2.24, 2.45) is 0 Å². The Hall–Kier alpha value is -3.33. The van der Waals surface area contributed by atoms with E-state index in [1.807, 2.05) is 0 Å². The fraction of sp³-hybridized carbons (Fsp3) is 0. The van der Waals surface area contributed by atoms with Crippen LogP contribution in [0.25, 0.3) is 0 Å². The highest BCUT2D eigenvalue weighted by molar-refractivity contribution is 6.06. The highest BCUT2D eigenvalue weighted by Crippen LogP contribution is 2.21. The third-order valence-corrected chi connectivity index (χ3v) is 2.74. The molecule has 3 N–H and O–H groups in total. The largest absolute Gasteiger partial charge is 0.506 e. The van der Waals surface area contributed by atoms with Crippen LogP contribution in [0.3, 0.4) is 0 Å². The quantitative estimate of drug-likeness (QED) is 0.460. The molecule has 0 radical (unpaired) electrons. The summed E-state index contributed by atoms with van der Waals surface area (Å²) in [4.78, 5) is 11.9. The molecule has 0 atom stereocenters. The van der Waals surface area contributed by atoms with Crippen LogP contribution >= 0.6 is 0 Å². The van der Waals surface area contributed by atoms with E-state index >= 15 is 0 Å². The number of aromatic hydroxyl groups is 1. The smallest absolute Gasteiger partial charge is 0.267 e. The molecule has 0 saturated carbocycles. The summed E-state index contributed by atoms with van der Waals surface area (Å²) in [7, 11) is 0. The van der Waals surface area contributed by atoms with Crippen molar-refractivity contribution in [3.05, 3.63) is 66.1 Å². The number of nitrogens with zero attached hydrogens (tertiary/aromatic N) is 1. The minimum absolute atomic E-state index is 0.00465. The molecule has 0 saturated heterocycles. The van der Waals surface area contributed by atoms with Crippen LogP contribution in [-0.2, 0) is 4.79 Å². The van der Waals surface area contributed by atoms with E-state index in [9.17, 15) is 14.3 Å². The first kappa shape index (κ1) is 15.1. The van der Waals surface area contributed by atoms with Gasteiger partial charge >= 0.3 is 0 Å². The summed E-state index contributed by atoms with van der Waals surface area (Å²) in [6.07, 6.45) is 1.19. The number of amides is 1. The number of carbonyl (C=O) groups excluding carboxylic acids is 1. The van der Waals surface area contributed by atoms with Crippen molar-refractivity contribution in [1.82, 2.24) is 0 Å². The van der Waals surface area contributed by atoms with Gasteiger partial charge in [0.25, 0.3) is 5.91 Å². The van der Waals surface area contributed by atoms with E-state index in [-0.39, 0.29) is 11.3 Å². The van der Waals surface area contributed by atoms with Crippen LogP contribution in [0, 0.1) is 17.1 Å². The van der Waals surface area contributed by atoms with Gasteiger partial charge in [0.05, 0.1) is 5.69 Å². The molecule has 0 heterocycles. The van der Waals surface area contributed by atoms with Crippen LogP contribution in [-0.4, -0.2) is 11.0 Å². The molecule has 0 aliphatic heterocycles.